The Hall–Kier alpha value is -1.69. The molecule has 0 aliphatic carbocycles. The summed E-state index contributed by atoms with van der Waals surface area (Å²) < 4.78 is 0. The summed E-state index contributed by atoms with van der Waals surface area (Å²) in [7, 11) is 1.80. The summed E-state index contributed by atoms with van der Waals surface area (Å²) in [4.78, 5) is 28.5. The summed E-state index contributed by atoms with van der Waals surface area (Å²) >= 11 is 1.75. The van der Waals surface area contributed by atoms with Crippen LogP contribution in [0.4, 0.5) is 4.79 Å². The molecule has 2 atom stereocenters. The molecule has 6 heteroatoms. The van der Waals surface area contributed by atoms with Gasteiger partial charge in [-0.15, -0.1) is 11.8 Å². The second-order valence-electron chi connectivity index (χ2n) is 7.15. The lowest BCUT2D eigenvalue weighted by Gasteiger charge is -2.26. The Labute approximate surface area is 161 Å². The molecule has 1 heterocycles. The predicted octanol–water partition coefficient (Wildman–Crippen LogP) is 3.79. The van der Waals surface area contributed by atoms with Crippen LogP contribution in [0.15, 0.2) is 24.3 Å². The Balaban J connectivity index is 2.01. The lowest BCUT2D eigenvalue weighted by molar-refractivity contribution is -0.130. The Bertz CT molecular complexity index is 635. The van der Waals surface area contributed by atoms with Gasteiger partial charge in [0.2, 0.25) is 5.91 Å². The van der Waals surface area contributed by atoms with E-state index in [0.29, 0.717) is 13.1 Å². The minimum absolute atomic E-state index is 0.0292. The second-order valence-corrected chi connectivity index (χ2v) is 8.44. The maximum absolute atomic E-state index is 12.8. The van der Waals surface area contributed by atoms with Gasteiger partial charge in [0.05, 0.1) is 5.25 Å². The standard InChI is InChI=1S/C20H31N3O2S/c1-6-17-18(24)23(13-9-12-22(5)20(25)21-14(2)3)19(26-17)16-11-8-7-10-15(16)4/h7-8,10-11,14,17,19H,6,9,12-13H2,1-5H3,(H,21,25)/t17-,19+/m0/s1. The van der Waals surface area contributed by atoms with Crippen molar-refractivity contribution in [3.63, 3.8) is 0 Å². The number of rotatable bonds is 7. The molecule has 0 spiro atoms. The molecule has 144 valence electrons. The highest BCUT2D eigenvalue weighted by Crippen LogP contribution is 2.45. The largest absolute Gasteiger partial charge is 0.336 e. The average Bonchev–Trinajstić information content (AvgIpc) is 2.90. The normalized spacial score (nSPS) is 19.9. The second kappa shape index (κ2) is 9.31. The van der Waals surface area contributed by atoms with Crippen molar-refractivity contribution in [1.29, 1.82) is 0 Å². The molecular weight excluding hydrogens is 346 g/mol. The zero-order chi connectivity index (χ0) is 19.3. The Morgan fingerprint density at radius 1 is 1.35 bits per heavy atom. The van der Waals surface area contributed by atoms with E-state index in [-0.39, 0.29) is 28.6 Å². The van der Waals surface area contributed by atoms with Crippen molar-refractivity contribution in [2.24, 2.45) is 0 Å². The minimum atomic E-state index is -0.0657. The number of amides is 3. The van der Waals surface area contributed by atoms with Gasteiger partial charge in [-0.25, -0.2) is 4.79 Å². The van der Waals surface area contributed by atoms with Crippen LogP contribution in [0.5, 0.6) is 0 Å². The molecule has 1 aromatic rings. The van der Waals surface area contributed by atoms with Gasteiger partial charge < -0.3 is 15.1 Å². The van der Waals surface area contributed by atoms with E-state index in [0.717, 1.165) is 12.8 Å². The summed E-state index contributed by atoms with van der Waals surface area (Å²) in [5, 5.41) is 2.99. The maximum atomic E-state index is 12.8. The van der Waals surface area contributed by atoms with E-state index in [1.807, 2.05) is 30.9 Å². The summed E-state index contributed by atoms with van der Waals surface area (Å²) in [6.45, 7) is 9.36. The first kappa shape index (κ1) is 20.6. The Kier molecular flexibility index (Phi) is 7.38. The number of carbonyl (C=O) groups excluding carboxylic acids is 2. The summed E-state index contributed by atoms with van der Waals surface area (Å²) in [6.07, 6.45) is 1.62. The molecule has 2 rings (SSSR count). The fourth-order valence-corrected chi connectivity index (χ4v) is 4.65. The number of hydrogen-bond acceptors (Lipinski definition) is 3. The molecule has 0 bridgehead atoms. The fourth-order valence-electron chi connectivity index (χ4n) is 3.13. The molecule has 1 aromatic carbocycles. The molecule has 1 aliphatic heterocycles. The number of aryl methyl sites for hydroxylation is 1. The first-order chi connectivity index (χ1) is 12.3. The first-order valence-electron chi connectivity index (χ1n) is 9.38. The molecule has 0 unspecified atom stereocenters. The van der Waals surface area contributed by atoms with Crippen molar-refractivity contribution in [3.05, 3.63) is 35.4 Å². The van der Waals surface area contributed by atoms with Crippen molar-refractivity contribution in [2.45, 2.75) is 57.2 Å². The van der Waals surface area contributed by atoms with Gasteiger partial charge in [-0.1, -0.05) is 31.2 Å². The van der Waals surface area contributed by atoms with E-state index in [4.69, 9.17) is 0 Å². The van der Waals surface area contributed by atoms with E-state index in [9.17, 15) is 9.59 Å². The van der Waals surface area contributed by atoms with Crippen molar-refractivity contribution < 1.29 is 9.59 Å². The van der Waals surface area contributed by atoms with E-state index in [2.05, 4.69) is 31.3 Å². The average molecular weight is 378 g/mol. The molecular formula is C20H31N3O2S. The molecule has 5 nitrogen and oxygen atoms in total. The van der Waals surface area contributed by atoms with Gasteiger partial charge in [0.25, 0.3) is 0 Å². The van der Waals surface area contributed by atoms with Gasteiger partial charge in [-0.3, -0.25) is 4.79 Å². The highest BCUT2D eigenvalue weighted by Gasteiger charge is 2.40. The number of hydrogen-bond donors (Lipinski definition) is 1. The van der Waals surface area contributed by atoms with Gasteiger partial charge >= 0.3 is 6.03 Å². The number of nitrogens with one attached hydrogen (secondary N) is 1. The van der Waals surface area contributed by atoms with Crippen molar-refractivity contribution in [3.8, 4) is 0 Å². The predicted molar refractivity (Wildman–Crippen MR) is 108 cm³/mol. The highest BCUT2D eigenvalue weighted by atomic mass is 32.2. The van der Waals surface area contributed by atoms with Crippen LogP contribution in [0.1, 0.15) is 50.1 Å². The molecule has 0 saturated carbocycles. The van der Waals surface area contributed by atoms with E-state index >= 15 is 0 Å². The number of thioether (sulfide) groups is 1. The van der Waals surface area contributed by atoms with Gasteiger partial charge in [0, 0.05) is 26.2 Å². The van der Waals surface area contributed by atoms with Crippen LogP contribution >= 0.6 is 11.8 Å². The van der Waals surface area contributed by atoms with Crippen LogP contribution in [0.3, 0.4) is 0 Å². The van der Waals surface area contributed by atoms with E-state index in [1.165, 1.54) is 11.1 Å². The Morgan fingerprint density at radius 3 is 2.65 bits per heavy atom. The SMILES string of the molecule is CC[C@@H]1S[C@H](c2ccccc2C)N(CCCN(C)C(=O)NC(C)C)C1=O. The molecule has 1 fully saturated rings. The zero-order valence-electron chi connectivity index (χ0n) is 16.5. The van der Waals surface area contributed by atoms with E-state index < -0.39 is 0 Å². The smallest absolute Gasteiger partial charge is 0.317 e. The van der Waals surface area contributed by atoms with Gasteiger partial charge in [0.15, 0.2) is 0 Å². The van der Waals surface area contributed by atoms with Crippen molar-refractivity contribution >= 4 is 23.7 Å². The fraction of sp³-hybridized carbons (Fsp3) is 0.600. The lowest BCUT2D eigenvalue weighted by Crippen LogP contribution is -2.42. The molecule has 0 radical (unpaired) electrons. The Morgan fingerprint density at radius 2 is 2.04 bits per heavy atom. The first-order valence-corrected chi connectivity index (χ1v) is 10.3. The summed E-state index contributed by atoms with van der Waals surface area (Å²) in [6, 6.07) is 8.34. The van der Waals surface area contributed by atoms with Crippen LogP contribution in [0.2, 0.25) is 0 Å². The van der Waals surface area contributed by atoms with Crippen molar-refractivity contribution in [1.82, 2.24) is 15.1 Å². The summed E-state index contributed by atoms with van der Waals surface area (Å²) in [5.41, 5.74) is 2.43. The number of benzene rings is 1. The zero-order valence-corrected chi connectivity index (χ0v) is 17.3. The van der Waals surface area contributed by atoms with Crippen molar-refractivity contribution in [2.75, 3.05) is 20.1 Å². The third kappa shape index (κ3) is 4.93. The molecule has 3 amide bonds. The van der Waals surface area contributed by atoms with E-state index in [1.54, 1.807) is 23.7 Å². The van der Waals surface area contributed by atoms with Gasteiger partial charge in [-0.2, -0.15) is 0 Å². The summed E-state index contributed by atoms with van der Waals surface area (Å²) in [5.74, 6) is 0.222. The maximum Gasteiger partial charge on any atom is 0.317 e. The van der Waals surface area contributed by atoms with Gasteiger partial charge in [-0.05, 0) is 44.7 Å². The third-order valence-electron chi connectivity index (χ3n) is 4.61. The van der Waals surface area contributed by atoms with Crippen LogP contribution in [0.25, 0.3) is 0 Å². The number of carbonyl (C=O) groups is 2. The number of nitrogens with zero attached hydrogens (tertiary/aromatic N) is 2. The minimum Gasteiger partial charge on any atom is -0.336 e. The lowest BCUT2D eigenvalue weighted by atomic mass is 10.1. The molecule has 1 N–H and O–H groups in total. The molecule has 1 aliphatic rings. The molecule has 0 aromatic heterocycles. The highest BCUT2D eigenvalue weighted by molar-refractivity contribution is 8.01. The number of urea groups is 1. The molecule has 26 heavy (non-hydrogen) atoms. The monoisotopic (exact) mass is 377 g/mol. The van der Waals surface area contributed by atoms with Gasteiger partial charge in [0.1, 0.15) is 5.37 Å². The van der Waals surface area contributed by atoms with Crippen LogP contribution in [-0.2, 0) is 4.79 Å². The quantitative estimate of drug-likeness (QED) is 0.787. The third-order valence-corrected chi connectivity index (χ3v) is 6.24. The van der Waals surface area contributed by atoms with Crippen LogP contribution in [0, 0.1) is 6.92 Å². The topological polar surface area (TPSA) is 52.6 Å². The van der Waals surface area contributed by atoms with Crippen LogP contribution < -0.4 is 5.32 Å². The van der Waals surface area contributed by atoms with Crippen LogP contribution in [-0.4, -0.2) is 53.2 Å². The molecule has 1 saturated heterocycles.